The monoisotopic (exact) mass is 314 g/mol. The third-order valence-corrected chi connectivity index (χ3v) is 4.75. The van der Waals surface area contributed by atoms with E-state index in [1.165, 1.54) is 18.2 Å². The van der Waals surface area contributed by atoms with Crippen LogP contribution in [0.3, 0.4) is 0 Å². The fourth-order valence-corrected chi connectivity index (χ4v) is 3.38. The van der Waals surface area contributed by atoms with Crippen LogP contribution in [0.15, 0.2) is 23.1 Å². The van der Waals surface area contributed by atoms with Crippen LogP contribution in [0.5, 0.6) is 0 Å². The number of halogens is 1. The lowest BCUT2D eigenvalue weighted by molar-refractivity contribution is 0.573. The van der Waals surface area contributed by atoms with Gasteiger partial charge in [0.25, 0.3) is 6.92 Å². The molecule has 0 aliphatic heterocycles. The minimum absolute atomic E-state index is 0.107. The van der Waals surface area contributed by atoms with Gasteiger partial charge < -0.3 is 5.02 Å². The minimum atomic E-state index is -3.47. The molecule has 1 aromatic heterocycles. The molecule has 20 heavy (non-hydrogen) atoms. The van der Waals surface area contributed by atoms with Crippen LogP contribution in [-0.4, -0.2) is 46.7 Å². The van der Waals surface area contributed by atoms with Gasteiger partial charge in [0, 0.05) is 5.56 Å². The zero-order valence-corrected chi connectivity index (χ0v) is 12.2. The van der Waals surface area contributed by atoms with Crippen LogP contribution in [0, 0.1) is 0 Å². The number of sulfone groups is 1. The summed E-state index contributed by atoms with van der Waals surface area (Å²) in [5, 5.41) is 22.7. The van der Waals surface area contributed by atoms with Gasteiger partial charge in [0.2, 0.25) is 5.82 Å². The first-order valence-corrected chi connectivity index (χ1v) is 7.87. The third-order valence-electron chi connectivity index (χ3n) is 2.69. The van der Waals surface area contributed by atoms with Gasteiger partial charge in [-0.25, -0.2) is 8.42 Å². The van der Waals surface area contributed by atoms with Crippen molar-refractivity contribution in [3.8, 4) is 11.4 Å². The Morgan fingerprint density at radius 1 is 1.45 bits per heavy atom. The zero-order valence-electron chi connectivity index (χ0n) is 10.6. The molecule has 0 saturated carbocycles. The van der Waals surface area contributed by atoms with Gasteiger partial charge in [-0.05, 0) is 29.7 Å². The second-order valence-electron chi connectivity index (χ2n) is 4.33. The van der Waals surface area contributed by atoms with Crippen molar-refractivity contribution < 1.29 is 13.4 Å². The lowest BCUT2D eigenvalue weighted by Crippen LogP contribution is -2.14. The Balaban J connectivity index is 2.29. The van der Waals surface area contributed by atoms with Gasteiger partial charge in [-0.3, -0.25) is 0 Å². The predicted octanol–water partition coefficient (Wildman–Crippen LogP) is 0.907. The van der Waals surface area contributed by atoms with Crippen LogP contribution >= 0.6 is 11.6 Å². The van der Waals surface area contributed by atoms with Gasteiger partial charge in [-0.1, -0.05) is 18.4 Å². The van der Waals surface area contributed by atoms with Crippen LogP contribution in [-0.2, 0) is 9.84 Å². The first-order chi connectivity index (χ1) is 9.40. The predicted molar refractivity (Wildman–Crippen MR) is 75.3 cm³/mol. The van der Waals surface area contributed by atoms with E-state index in [2.05, 4.69) is 20.6 Å². The van der Waals surface area contributed by atoms with Crippen LogP contribution in [0.25, 0.3) is 11.4 Å². The fourth-order valence-electron chi connectivity index (χ4n) is 1.59. The van der Waals surface area contributed by atoms with E-state index in [1.807, 2.05) is 0 Å². The molecule has 0 bridgehead atoms. The van der Waals surface area contributed by atoms with E-state index < -0.39 is 16.8 Å². The van der Waals surface area contributed by atoms with E-state index >= 15 is 0 Å². The summed E-state index contributed by atoms with van der Waals surface area (Å²) >= 11 is 6.05. The second-order valence-corrected chi connectivity index (χ2v) is 6.85. The Kier molecular flexibility index (Phi) is 4.41. The Morgan fingerprint density at radius 2 is 2.20 bits per heavy atom. The van der Waals surface area contributed by atoms with Gasteiger partial charge in [0.15, 0.2) is 9.84 Å². The highest BCUT2D eigenvalue weighted by atomic mass is 35.5. The molecule has 0 fully saturated rings. The number of hydrogen-bond donors (Lipinski definition) is 2. The number of hydrogen-bond acceptors (Lipinski definition) is 6. The molecule has 0 amide bonds. The number of aromatic nitrogens is 4. The van der Waals surface area contributed by atoms with E-state index in [4.69, 9.17) is 16.6 Å². The van der Waals surface area contributed by atoms with Crippen molar-refractivity contribution in [3.63, 3.8) is 0 Å². The molecule has 2 rings (SSSR count). The quantitative estimate of drug-likeness (QED) is 0.794. The van der Waals surface area contributed by atoms with Gasteiger partial charge >= 0.3 is 0 Å². The summed E-state index contributed by atoms with van der Waals surface area (Å²) in [4.78, 5) is 0.107. The number of aromatic amines is 1. The van der Waals surface area contributed by atoms with Crippen molar-refractivity contribution >= 4 is 28.4 Å². The van der Waals surface area contributed by atoms with E-state index in [-0.39, 0.29) is 22.0 Å². The van der Waals surface area contributed by atoms with Crippen molar-refractivity contribution in [2.45, 2.75) is 18.0 Å². The number of rotatable bonds is 5. The molecule has 2 N–H and O–H groups in total. The van der Waals surface area contributed by atoms with Gasteiger partial charge in [-0.15, -0.1) is 10.2 Å². The fraction of sp³-hybridized carbons (Fsp3) is 0.300. The SMILES string of the molecule is CB(O)CCS(=O)(=O)c1ccc(-c2nn[nH]n2)c(Cl)c1. The number of nitrogens with zero attached hydrogens (tertiary/aromatic N) is 3. The maximum Gasteiger partial charge on any atom is 0.286 e. The normalized spacial score (nSPS) is 11.6. The van der Waals surface area contributed by atoms with Crippen LogP contribution in [0.1, 0.15) is 0 Å². The zero-order chi connectivity index (χ0) is 14.8. The van der Waals surface area contributed by atoms with Crippen LogP contribution < -0.4 is 0 Å². The number of H-pyrrole nitrogens is 1. The van der Waals surface area contributed by atoms with E-state index in [0.717, 1.165) is 0 Å². The highest BCUT2D eigenvalue weighted by molar-refractivity contribution is 7.91. The summed E-state index contributed by atoms with van der Waals surface area (Å²) in [7, 11) is -3.47. The first kappa shape index (κ1) is 15.0. The molecule has 1 aromatic carbocycles. The van der Waals surface area contributed by atoms with E-state index in [0.29, 0.717) is 11.4 Å². The molecule has 0 saturated heterocycles. The average molecular weight is 315 g/mol. The molecule has 2 aromatic rings. The summed E-state index contributed by atoms with van der Waals surface area (Å²) in [6, 6.07) is 4.32. The van der Waals surface area contributed by atoms with Gasteiger partial charge in [0.05, 0.1) is 15.7 Å². The maximum absolute atomic E-state index is 12.1. The molecule has 0 atom stereocenters. The van der Waals surface area contributed by atoms with E-state index in [1.54, 1.807) is 6.82 Å². The number of nitrogens with one attached hydrogen (secondary N) is 1. The minimum Gasteiger partial charge on any atom is -0.451 e. The van der Waals surface area contributed by atoms with Crippen molar-refractivity contribution in [2.24, 2.45) is 0 Å². The summed E-state index contributed by atoms with van der Waals surface area (Å²) in [5.74, 6) is 0.158. The Labute approximate surface area is 121 Å². The lowest BCUT2D eigenvalue weighted by atomic mass is 9.69. The molecule has 1 heterocycles. The van der Waals surface area contributed by atoms with Crippen molar-refractivity contribution in [2.75, 3.05) is 5.75 Å². The molecular formula is C10H12BClN4O3S. The molecule has 0 unspecified atom stereocenters. The Morgan fingerprint density at radius 3 is 2.75 bits per heavy atom. The first-order valence-electron chi connectivity index (χ1n) is 5.84. The third kappa shape index (κ3) is 3.35. The molecule has 106 valence electrons. The summed E-state index contributed by atoms with van der Waals surface area (Å²) in [5.41, 5.74) is 0.495. The topological polar surface area (TPSA) is 109 Å². The Hall–Kier alpha value is -1.45. The largest absolute Gasteiger partial charge is 0.451 e. The highest BCUT2D eigenvalue weighted by Gasteiger charge is 2.19. The summed E-state index contributed by atoms with van der Waals surface area (Å²) in [6.07, 6.45) is 0.173. The Bertz CT molecular complexity index is 691. The maximum atomic E-state index is 12.1. The molecule has 0 aliphatic rings. The van der Waals surface area contributed by atoms with Crippen molar-refractivity contribution in [3.05, 3.63) is 23.2 Å². The van der Waals surface area contributed by atoms with Gasteiger partial charge in [0.1, 0.15) is 0 Å². The molecule has 0 spiro atoms. The highest BCUT2D eigenvalue weighted by Crippen LogP contribution is 2.27. The number of benzene rings is 1. The van der Waals surface area contributed by atoms with Crippen molar-refractivity contribution in [1.29, 1.82) is 0 Å². The molecule has 0 aliphatic carbocycles. The second kappa shape index (κ2) is 5.90. The molecule has 0 radical (unpaired) electrons. The molecule has 10 heteroatoms. The summed E-state index contributed by atoms with van der Waals surface area (Å²) < 4.78 is 24.1. The molecule has 7 nitrogen and oxygen atoms in total. The molecular weight excluding hydrogens is 302 g/mol. The lowest BCUT2D eigenvalue weighted by Gasteiger charge is -2.06. The van der Waals surface area contributed by atoms with Crippen LogP contribution in [0.2, 0.25) is 18.2 Å². The number of tetrazole rings is 1. The summed E-state index contributed by atoms with van der Waals surface area (Å²) in [6.45, 7) is 0.876. The smallest absolute Gasteiger partial charge is 0.286 e. The van der Waals surface area contributed by atoms with E-state index in [9.17, 15) is 8.42 Å². The van der Waals surface area contributed by atoms with Crippen molar-refractivity contribution in [1.82, 2.24) is 20.6 Å². The van der Waals surface area contributed by atoms with Gasteiger partial charge in [-0.2, -0.15) is 5.21 Å². The average Bonchev–Trinajstić information content (AvgIpc) is 2.90. The van der Waals surface area contributed by atoms with Crippen LogP contribution in [0.4, 0.5) is 0 Å². The standard InChI is InChI=1S/C10H12BClN4O3S/c1-11(17)4-5-20(18,19)7-2-3-8(9(12)6-7)10-13-15-16-14-10/h2-3,6,17H,4-5H2,1H3,(H,13,14,15,16).